The minimum atomic E-state index is -1.53. The lowest BCUT2D eigenvalue weighted by atomic mass is 9.97. The fourth-order valence-corrected chi connectivity index (χ4v) is 7.58. The van der Waals surface area contributed by atoms with Crippen molar-refractivity contribution in [2.75, 3.05) is 20.3 Å². The van der Waals surface area contributed by atoms with Gasteiger partial charge in [0.1, 0.15) is 18.3 Å². The second-order valence-electron chi connectivity index (χ2n) is 15.0. The van der Waals surface area contributed by atoms with Gasteiger partial charge in [-0.3, -0.25) is 0 Å². The van der Waals surface area contributed by atoms with Crippen molar-refractivity contribution < 1.29 is 71.3 Å². The van der Waals surface area contributed by atoms with E-state index in [4.69, 9.17) is 52.1 Å². The molecule has 0 radical (unpaired) electrons. The Morgan fingerprint density at radius 1 is 0.469 bits per heavy atom. The predicted octanol–water partition coefficient (Wildman–Crippen LogP) is 6.48. The van der Waals surface area contributed by atoms with Gasteiger partial charge in [-0.25, -0.2) is 19.2 Å². The topological polar surface area (TPSA) is 170 Å². The van der Waals surface area contributed by atoms with E-state index in [1.165, 1.54) is 7.11 Å². The van der Waals surface area contributed by atoms with Gasteiger partial charge in [0.05, 0.1) is 43.1 Å². The molecule has 5 aromatic rings. The van der Waals surface area contributed by atoms with Gasteiger partial charge in [0, 0.05) is 7.11 Å². The Kier molecular flexibility index (Phi) is 14.7. The van der Waals surface area contributed by atoms with Gasteiger partial charge in [0.2, 0.25) is 0 Å². The summed E-state index contributed by atoms with van der Waals surface area (Å²) in [6.45, 7) is -0.00399. The van der Waals surface area contributed by atoms with Crippen LogP contribution in [0.4, 0.5) is 4.79 Å². The maximum atomic E-state index is 13.9. The molecule has 64 heavy (non-hydrogen) atoms. The van der Waals surface area contributed by atoms with Crippen molar-refractivity contribution in [3.8, 4) is 0 Å². The molecule has 15 nitrogen and oxygen atoms in total. The molecule has 0 aliphatic carbocycles. The lowest BCUT2D eigenvalue weighted by molar-refractivity contribution is -0.321. The average Bonchev–Trinajstić information content (AvgIpc) is 3.74. The molecule has 0 aromatic heterocycles. The standard InChI is InChI=1S/C49H46O15/c1-54-47-42(62-46(52)35-25-15-6-16-26-35)41(61-45(51)34-23-13-5-14-24-34)39(60-44(50)33-21-11-4-12-22-33)37(58-47)30-57-48-43-40(63-49(53)64-43)38(56-28-32-19-9-3-10-20-32)36(59-48)29-55-27-31-17-7-2-8-18-31/h2-26,36-43,47-48H,27-30H2,1H3/t36-,37-,38-,39-,40+,41+,42-,43-,47+,48-/m1/s1. The maximum absolute atomic E-state index is 13.9. The quantitative estimate of drug-likeness (QED) is 0.0734. The Morgan fingerprint density at radius 2 is 0.906 bits per heavy atom. The third-order valence-corrected chi connectivity index (χ3v) is 10.7. The summed E-state index contributed by atoms with van der Waals surface area (Å²) in [5.41, 5.74) is 2.34. The number of benzene rings is 5. The monoisotopic (exact) mass is 874 g/mol. The lowest BCUT2D eigenvalue weighted by Crippen LogP contribution is -2.64. The van der Waals surface area contributed by atoms with Crippen LogP contribution in [0.15, 0.2) is 152 Å². The number of fused-ring (bicyclic) bond motifs is 1. The van der Waals surface area contributed by atoms with Gasteiger partial charge in [-0.1, -0.05) is 115 Å². The fraction of sp³-hybridized carbons (Fsp3) is 0.306. The molecule has 8 rings (SSSR count). The van der Waals surface area contributed by atoms with Crippen molar-refractivity contribution >= 4 is 24.1 Å². The highest BCUT2D eigenvalue weighted by atomic mass is 16.8. The van der Waals surface area contributed by atoms with Crippen LogP contribution in [0.2, 0.25) is 0 Å². The molecule has 0 saturated carbocycles. The summed E-state index contributed by atoms with van der Waals surface area (Å²) in [5.74, 6) is -2.39. The van der Waals surface area contributed by atoms with Crippen molar-refractivity contribution in [3.63, 3.8) is 0 Å². The summed E-state index contributed by atoms with van der Waals surface area (Å²) in [6, 6.07) is 43.5. The van der Waals surface area contributed by atoms with Gasteiger partial charge in [0.25, 0.3) is 0 Å². The van der Waals surface area contributed by atoms with Crippen LogP contribution < -0.4 is 0 Å². The highest BCUT2D eigenvalue weighted by Crippen LogP contribution is 2.36. The Balaban J connectivity index is 1.09. The largest absolute Gasteiger partial charge is 0.509 e. The molecule has 3 aliphatic rings. The minimum Gasteiger partial charge on any atom is -0.452 e. The van der Waals surface area contributed by atoms with Crippen LogP contribution >= 0.6 is 0 Å². The highest BCUT2D eigenvalue weighted by molar-refractivity contribution is 5.91. The first-order valence-corrected chi connectivity index (χ1v) is 20.7. The fourth-order valence-electron chi connectivity index (χ4n) is 7.58. The van der Waals surface area contributed by atoms with E-state index in [2.05, 4.69) is 0 Å². The van der Waals surface area contributed by atoms with Gasteiger partial charge in [-0.2, -0.15) is 0 Å². The predicted molar refractivity (Wildman–Crippen MR) is 223 cm³/mol. The van der Waals surface area contributed by atoms with Gasteiger partial charge in [-0.05, 0) is 47.5 Å². The molecular formula is C49H46O15. The van der Waals surface area contributed by atoms with Crippen LogP contribution in [0.1, 0.15) is 42.2 Å². The number of methoxy groups -OCH3 is 1. The second kappa shape index (κ2) is 21.3. The van der Waals surface area contributed by atoms with E-state index in [1.54, 1.807) is 91.0 Å². The molecule has 0 unspecified atom stereocenters. The van der Waals surface area contributed by atoms with Crippen LogP contribution in [0.25, 0.3) is 0 Å². The number of carbonyl (C=O) groups is 4. The van der Waals surface area contributed by atoms with Gasteiger partial charge in [0.15, 0.2) is 43.1 Å². The normalized spacial score (nSPS) is 26.1. The van der Waals surface area contributed by atoms with E-state index in [0.717, 1.165) is 11.1 Å². The zero-order valence-corrected chi connectivity index (χ0v) is 34.7. The zero-order valence-electron chi connectivity index (χ0n) is 34.7. The van der Waals surface area contributed by atoms with E-state index in [9.17, 15) is 19.2 Å². The number of hydrogen-bond donors (Lipinski definition) is 0. The van der Waals surface area contributed by atoms with E-state index in [1.807, 2.05) is 60.7 Å². The molecule has 0 N–H and O–H groups in total. The average molecular weight is 875 g/mol. The summed E-state index contributed by atoms with van der Waals surface area (Å²) in [7, 11) is 1.32. The summed E-state index contributed by atoms with van der Waals surface area (Å²) in [5, 5.41) is 0. The maximum Gasteiger partial charge on any atom is 0.509 e. The van der Waals surface area contributed by atoms with E-state index in [0.29, 0.717) is 0 Å². The summed E-state index contributed by atoms with van der Waals surface area (Å²) in [4.78, 5) is 54.2. The molecule has 5 aromatic carbocycles. The molecule has 3 aliphatic heterocycles. The molecule has 0 bridgehead atoms. The molecule has 332 valence electrons. The number of hydrogen-bond acceptors (Lipinski definition) is 15. The Morgan fingerprint density at radius 3 is 1.44 bits per heavy atom. The van der Waals surface area contributed by atoms with Crippen molar-refractivity contribution in [3.05, 3.63) is 179 Å². The van der Waals surface area contributed by atoms with Gasteiger partial charge in [-0.15, -0.1) is 0 Å². The third-order valence-electron chi connectivity index (χ3n) is 10.7. The molecule has 3 heterocycles. The Bertz CT molecular complexity index is 2280. The van der Waals surface area contributed by atoms with Crippen LogP contribution in [0.5, 0.6) is 0 Å². The molecular weight excluding hydrogens is 829 g/mol. The first-order valence-electron chi connectivity index (χ1n) is 20.7. The molecule has 3 saturated heterocycles. The molecule has 0 spiro atoms. The van der Waals surface area contributed by atoms with Crippen LogP contribution in [0.3, 0.4) is 0 Å². The number of esters is 3. The first kappa shape index (κ1) is 44.2. The van der Waals surface area contributed by atoms with Crippen molar-refractivity contribution in [1.82, 2.24) is 0 Å². The van der Waals surface area contributed by atoms with E-state index < -0.39 is 92.1 Å². The SMILES string of the molecule is CO[C@H]1O[C@H](CO[C@@H]2O[C@H](COCc3ccccc3)[C@@H](OCc3ccccc3)[C@@H]3OC(=O)O[C@@H]23)[C@@H](OC(=O)c2ccccc2)[C@H](OC(=O)c2ccccc2)[C@H]1OC(=O)c1ccccc1. The molecule has 3 fully saturated rings. The Labute approximate surface area is 368 Å². The number of carbonyl (C=O) groups excluding carboxylic acids is 4. The molecule has 0 amide bonds. The summed E-state index contributed by atoms with van der Waals surface area (Å²) < 4.78 is 67.1. The van der Waals surface area contributed by atoms with Crippen LogP contribution in [-0.4, -0.2) is 106 Å². The van der Waals surface area contributed by atoms with Gasteiger partial charge < -0.3 is 52.1 Å². The van der Waals surface area contributed by atoms with E-state index in [-0.39, 0.29) is 36.5 Å². The Hall–Kier alpha value is -6.46. The van der Waals surface area contributed by atoms with Crippen molar-refractivity contribution in [1.29, 1.82) is 0 Å². The lowest BCUT2D eigenvalue weighted by Gasteiger charge is -2.45. The summed E-state index contributed by atoms with van der Waals surface area (Å²) >= 11 is 0. The smallest absolute Gasteiger partial charge is 0.452 e. The molecule has 10 atom stereocenters. The van der Waals surface area contributed by atoms with Gasteiger partial charge >= 0.3 is 24.1 Å². The van der Waals surface area contributed by atoms with Crippen molar-refractivity contribution in [2.45, 2.75) is 74.6 Å². The van der Waals surface area contributed by atoms with Crippen LogP contribution in [0, 0.1) is 0 Å². The number of ether oxygens (including phenoxy) is 11. The highest BCUT2D eigenvalue weighted by Gasteiger charge is 2.57. The minimum absolute atomic E-state index is 0.00391. The summed E-state index contributed by atoms with van der Waals surface area (Å²) in [6.07, 6.45) is -13.2. The number of rotatable bonds is 17. The first-order chi connectivity index (χ1) is 31.3. The van der Waals surface area contributed by atoms with Crippen LogP contribution in [-0.2, 0) is 65.3 Å². The van der Waals surface area contributed by atoms with E-state index >= 15 is 0 Å². The third kappa shape index (κ3) is 10.8. The van der Waals surface area contributed by atoms with Crippen molar-refractivity contribution in [2.24, 2.45) is 0 Å². The molecule has 15 heteroatoms. The zero-order chi connectivity index (χ0) is 44.3. The second-order valence-corrected chi connectivity index (χ2v) is 15.0.